The van der Waals surface area contributed by atoms with Gasteiger partial charge in [0.1, 0.15) is 6.10 Å². The van der Waals surface area contributed by atoms with Crippen LogP contribution in [0.3, 0.4) is 0 Å². The van der Waals surface area contributed by atoms with E-state index in [4.69, 9.17) is 4.74 Å². The van der Waals surface area contributed by atoms with Crippen LogP contribution in [0.4, 0.5) is 0 Å². The summed E-state index contributed by atoms with van der Waals surface area (Å²) in [4.78, 5) is 0. The van der Waals surface area contributed by atoms with Crippen LogP contribution < -0.4 is 0 Å². The van der Waals surface area contributed by atoms with Crippen molar-refractivity contribution in [2.24, 2.45) is 22.7 Å². The Morgan fingerprint density at radius 3 is 2.59 bits per heavy atom. The van der Waals surface area contributed by atoms with Gasteiger partial charge in [0.2, 0.25) is 0 Å². The second-order valence-corrected chi connectivity index (χ2v) is 9.28. The summed E-state index contributed by atoms with van der Waals surface area (Å²) in [5.41, 5.74) is 2.44. The van der Waals surface area contributed by atoms with Gasteiger partial charge in [-0.05, 0) is 68.6 Å². The molecule has 22 heavy (non-hydrogen) atoms. The molecule has 3 rings (SSSR count). The minimum Gasteiger partial charge on any atom is -0.394 e. The predicted octanol–water partition coefficient (Wildman–Crippen LogP) is 4.72. The third kappa shape index (κ3) is 2.57. The van der Waals surface area contributed by atoms with Crippen LogP contribution in [0.15, 0.2) is 11.6 Å². The molecule has 0 bridgehead atoms. The summed E-state index contributed by atoms with van der Waals surface area (Å²) in [6.07, 6.45) is 10.3. The molecule has 1 saturated carbocycles. The third-order valence-electron chi connectivity index (χ3n) is 7.43. The summed E-state index contributed by atoms with van der Waals surface area (Å²) >= 11 is 0. The smallest absolute Gasteiger partial charge is 0.110 e. The highest BCUT2D eigenvalue weighted by Gasteiger charge is 2.55. The molecule has 1 N–H and O–H groups in total. The zero-order valence-electron chi connectivity index (χ0n) is 15.1. The van der Waals surface area contributed by atoms with Crippen LogP contribution in [0.25, 0.3) is 0 Å². The molecule has 0 aromatic heterocycles. The summed E-state index contributed by atoms with van der Waals surface area (Å²) in [6, 6.07) is 0. The second kappa shape index (κ2) is 5.34. The van der Waals surface area contributed by atoms with Crippen molar-refractivity contribution in [2.45, 2.75) is 84.8 Å². The van der Waals surface area contributed by atoms with Gasteiger partial charge in [0.05, 0.1) is 12.2 Å². The molecule has 0 aromatic carbocycles. The minimum absolute atomic E-state index is 0.0669. The number of allylic oxidation sites excluding steroid dienone is 2. The molecule has 0 spiro atoms. The molecule has 2 aliphatic carbocycles. The van der Waals surface area contributed by atoms with Crippen molar-refractivity contribution in [3.8, 4) is 0 Å². The Balaban J connectivity index is 1.77. The molecule has 2 heteroatoms. The van der Waals surface area contributed by atoms with Crippen LogP contribution in [-0.2, 0) is 4.74 Å². The Labute approximate surface area is 136 Å². The molecule has 0 radical (unpaired) electrons. The maximum Gasteiger partial charge on any atom is 0.110 e. The van der Waals surface area contributed by atoms with Gasteiger partial charge < -0.3 is 9.84 Å². The van der Waals surface area contributed by atoms with Crippen LogP contribution in [0.1, 0.15) is 73.1 Å². The Kier molecular flexibility index (Phi) is 4.01. The number of hydrogen-bond donors (Lipinski definition) is 1. The van der Waals surface area contributed by atoms with Gasteiger partial charge in [-0.25, -0.2) is 0 Å². The topological polar surface area (TPSA) is 32.8 Å². The number of hydrogen-bond acceptors (Lipinski definition) is 2. The van der Waals surface area contributed by atoms with Gasteiger partial charge in [0.15, 0.2) is 0 Å². The average molecular weight is 306 g/mol. The summed E-state index contributed by atoms with van der Waals surface area (Å²) in [5, 5.41) is 9.30. The number of fused-ring (bicyclic) bond motifs is 1. The normalized spacial score (nSPS) is 46.8. The zero-order valence-corrected chi connectivity index (χ0v) is 15.1. The van der Waals surface area contributed by atoms with Crippen LogP contribution in [0.2, 0.25) is 0 Å². The first-order valence-corrected chi connectivity index (χ1v) is 9.18. The molecular formula is C20H34O2. The van der Waals surface area contributed by atoms with E-state index in [2.05, 4.69) is 40.7 Å². The lowest BCUT2D eigenvalue weighted by Crippen LogP contribution is -2.48. The van der Waals surface area contributed by atoms with Gasteiger partial charge in [-0.15, -0.1) is 0 Å². The largest absolute Gasteiger partial charge is 0.394 e. The second-order valence-electron chi connectivity index (χ2n) is 9.28. The number of aliphatic hydroxyl groups is 1. The molecule has 3 aliphatic rings. The van der Waals surface area contributed by atoms with E-state index in [-0.39, 0.29) is 18.3 Å². The Bertz CT molecular complexity index is 466. The summed E-state index contributed by atoms with van der Waals surface area (Å²) < 4.78 is 5.72. The van der Waals surface area contributed by atoms with Crippen LogP contribution >= 0.6 is 0 Å². The first-order valence-electron chi connectivity index (χ1n) is 9.18. The Hall–Kier alpha value is -0.340. The fraction of sp³-hybridized carbons (Fsp3) is 0.900. The van der Waals surface area contributed by atoms with Gasteiger partial charge in [-0.1, -0.05) is 38.8 Å². The molecular weight excluding hydrogens is 272 g/mol. The zero-order chi connectivity index (χ0) is 16.2. The molecule has 0 aromatic rings. The summed E-state index contributed by atoms with van der Waals surface area (Å²) in [6.45, 7) is 12.2. The van der Waals surface area contributed by atoms with Gasteiger partial charge >= 0.3 is 0 Å². The van der Waals surface area contributed by atoms with Crippen LogP contribution in [0.5, 0.6) is 0 Å². The lowest BCUT2D eigenvalue weighted by atomic mass is 9.48. The van der Waals surface area contributed by atoms with Crippen molar-refractivity contribution in [3.05, 3.63) is 11.6 Å². The predicted molar refractivity (Wildman–Crippen MR) is 90.7 cm³/mol. The van der Waals surface area contributed by atoms with E-state index in [1.165, 1.54) is 32.1 Å². The number of ether oxygens (including phenoxy) is 1. The van der Waals surface area contributed by atoms with Crippen molar-refractivity contribution in [1.82, 2.24) is 0 Å². The SMILES string of the molecule is CC1=CC[C@H]2C(C)(C)CCC[C@]2(C)[C@H]1CC[C@]1(C)O[C@@H]1CO. The van der Waals surface area contributed by atoms with E-state index in [1.807, 2.05) is 0 Å². The number of aliphatic hydroxyl groups excluding tert-OH is 1. The molecule has 2 fully saturated rings. The summed E-state index contributed by atoms with van der Waals surface area (Å²) in [7, 11) is 0. The average Bonchev–Trinajstić information content (AvgIpc) is 3.08. The van der Waals surface area contributed by atoms with Crippen molar-refractivity contribution < 1.29 is 9.84 Å². The van der Waals surface area contributed by atoms with E-state index in [9.17, 15) is 5.11 Å². The van der Waals surface area contributed by atoms with Crippen molar-refractivity contribution in [1.29, 1.82) is 0 Å². The lowest BCUT2D eigenvalue weighted by Gasteiger charge is -2.57. The van der Waals surface area contributed by atoms with Crippen LogP contribution in [-0.4, -0.2) is 23.4 Å². The highest BCUT2D eigenvalue weighted by Crippen LogP contribution is 2.61. The fourth-order valence-corrected chi connectivity index (χ4v) is 5.87. The van der Waals surface area contributed by atoms with Gasteiger partial charge in [-0.2, -0.15) is 0 Å². The number of epoxide rings is 1. The fourth-order valence-electron chi connectivity index (χ4n) is 5.87. The quantitative estimate of drug-likeness (QED) is 0.602. The molecule has 126 valence electrons. The van der Waals surface area contributed by atoms with Gasteiger partial charge in [0.25, 0.3) is 0 Å². The minimum atomic E-state index is -0.0669. The molecule has 2 nitrogen and oxygen atoms in total. The highest BCUT2D eigenvalue weighted by molar-refractivity contribution is 5.18. The summed E-state index contributed by atoms with van der Waals surface area (Å²) in [5.74, 6) is 1.50. The molecule has 1 heterocycles. The first-order chi connectivity index (χ1) is 10.2. The van der Waals surface area contributed by atoms with E-state index in [1.54, 1.807) is 5.57 Å². The van der Waals surface area contributed by atoms with E-state index in [0.29, 0.717) is 16.7 Å². The van der Waals surface area contributed by atoms with E-state index < -0.39 is 0 Å². The molecule has 1 saturated heterocycles. The molecule has 0 amide bonds. The highest BCUT2D eigenvalue weighted by atomic mass is 16.6. The molecule has 0 unspecified atom stereocenters. The lowest BCUT2D eigenvalue weighted by molar-refractivity contribution is -0.0407. The number of rotatable bonds is 4. The maximum absolute atomic E-state index is 9.30. The monoisotopic (exact) mass is 306 g/mol. The first kappa shape index (κ1) is 16.5. The molecule has 1 aliphatic heterocycles. The Morgan fingerprint density at radius 2 is 1.95 bits per heavy atom. The van der Waals surface area contributed by atoms with Gasteiger partial charge in [0, 0.05) is 0 Å². The molecule has 5 atom stereocenters. The van der Waals surface area contributed by atoms with Crippen molar-refractivity contribution in [2.75, 3.05) is 6.61 Å². The third-order valence-corrected chi connectivity index (χ3v) is 7.43. The van der Waals surface area contributed by atoms with Gasteiger partial charge in [-0.3, -0.25) is 0 Å². The van der Waals surface area contributed by atoms with Crippen LogP contribution in [0, 0.1) is 22.7 Å². The standard InChI is InChI=1S/C20H34O2/c1-14-7-8-16-18(2,3)10-6-11-19(16,4)15(14)9-12-20(5)17(13-21)22-20/h7,15-17,21H,6,8-13H2,1-5H3/t15-,16-,17+,19+,20-/m0/s1. The van der Waals surface area contributed by atoms with E-state index in [0.717, 1.165) is 12.3 Å². The maximum atomic E-state index is 9.30. The Morgan fingerprint density at radius 1 is 1.23 bits per heavy atom. The van der Waals surface area contributed by atoms with Crippen molar-refractivity contribution >= 4 is 0 Å². The van der Waals surface area contributed by atoms with Crippen molar-refractivity contribution in [3.63, 3.8) is 0 Å². The van der Waals surface area contributed by atoms with E-state index >= 15 is 0 Å².